The third-order valence-electron chi connectivity index (χ3n) is 4.93. The van der Waals surface area contributed by atoms with E-state index in [1.165, 1.54) is 51.5 Å². The Kier molecular flexibility index (Phi) is 3.91. The van der Waals surface area contributed by atoms with E-state index in [4.69, 9.17) is 5.73 Å². The Balaban J connectivity index is 2.00. The molecule has 2 atom stereocenters. The fourth-order valence-corrected chi connectivity index (χ4v) is 3.61. The zero-order chi connectivity index (χ0) is 11.6. The van der Waals surface area contributed by atoms with Gasteiger partial charge in [-0.3, -0.25) is 4.90 Å². The van der Waals surface area contributed by atoms with E-state index in [2.05, 4.69) is 18.7 Å². The summed E-state index contributed by atoms with van der Waals surface area (Å²) < 4.78 is 0. The Hall–Kier alpha value is -0.0800. The molecule has 2 unspecified atom stereocenters. The van der Waals surface area contributed by atoms with Gasteiger partial charge in [0.25, 0.3) is 0 Å². The van der Waals surface area contributed by atoms with Crippen LogP contribution < -0.4 is 5.73 Å². The minimum Gasteiger partial charge on any atom is -0.329 e. The van der Waals surface area contributed by atoms with Gasteiger partial charge >= 0.3 is 0 Å². The second kappa shape index (κ2) is 5.05. The highest BCUT2D eigenvalue weighted by Gasteiger charge is 2.39. The summed E-state index contributed by atoms with van der Waals surface area (Å²) in [5.41, 5.74) is 6.37. The van der Waals surface area contributed by atoms with E-state index in [0.717, 1.165) is 18.5 Å². The average Bonchev–Trinajstić information content (AvgIpc) is 2.72. The molecule has 1 saturated carbocycles. The fraction of sp³-hybridized carbons (Fsp3) is 1.00. The zero-order valence-electron chi connectivity index (χ0n) is 11.0. The van der Waals surface area contributed by atoms with Gasteiger partial charge in [0.15, 0.2) is 0 Å². The molecule has 2 heteroatoms. The van der Waals surface area contributed by atoms with Crippen molar-refractivity contribution in [1.29, 1.82) is 0 Å². The maximum Gasteiger partial charge on any atom is 0.0309 e. The molecule has 94 valence electrons. The first kappa shape index (κ1) is 12.4. The summed E-state index contributed by atoms with van der Waals surface area (Å²) in [5, 5.41) is 0. The van der Waals surface area contributed by atoms with Crippen LogP contribution in [-0.2, 0) is 0 Å². The maximum absolute atomic E-state index is 6.09. The summed E-state index contributed by atoms with van der Waals surface area (Å²) in [6.45, 7) is 6.83. The van der Waals surface area contributed by atoms with Gasteiger partial charge < -0.3 is 5.73 Å². The summed E-state index contributed by atoms with van der Waals surface area (Å²) in [7, 11) is 0. The standard InChI is InChI=1S/C14H28N2/c1-3-13-8-5-9-16(13)14(2,11-15)10-12-6-4-7-12/h12-13H,3-11,15H2,1-2H3. The second-order valence-electron chi connectivity index (χ2n) is 6.10. The molecule has 2 N–H and O–H groups in total. The smallest absolute Gasteiger partial charge is 0.0309 e. The van der Waals surface area contributed by atoms with Gasteiger partial charge in [-0.05, 0) is 45.1 Å². The molecule has 1 saturated heterocycles. The molecule has 0 aromatic rings. The normalized spacial score (nSPS) is 31.3. The number of hydrogen-bond donors (Lipinski definition) is 1. The van der Waals surface area contributed by atoms with E-state index >= 15 is 0 Å². The van der Waals surface area contributed by atoms with Crippen LogP contribution in [0.25, 0.3) is 0 Å². The first-order chi connectivity index (χ1) is 7.69. The maximum atomic E-state index is 6.09. The minimum absolute atomic E-state index is 0.280. The van der Waals surface area contributed by atoms with Crippen LogP contribution in [-0.4, -0.2) is 29.6 Å². The van der Waals surface area contributed by atoms with Crippen LogP contribution in [0.1, 0.15) is 58.8 Å². The lowest BCUT2D eigenvalue weighted by Gasteiger charge is -2.45. The summed E-state index contributed by atoms with van der Waals surface area (Å²) in [6.07, 6.45) is 9.72. The van der Waals surface area contributed by atoms with E-state index in [1.54, 1.807) is 0 Å². The number of likely N-dealkylation sites (tertiary alicyclic amines) is 1. The topological polar surface area (TPSA) is 29.3 Å². The molecule has 2 nitrogen and oxygen atoms in total. The molecule has 0 aromatic carbocycles. The predicted molar refractivity (Wildman–Crippen MR) is 69.4 cm³/mol. The van der Waals surface area contributed by atoms with Gasteiger partial charge in [0, 0.05) is 18.1 Å². The van der Waals surface area contributed by atoms with Crippen LogP contribution in [0.15, 0.2) is 0 Å². The largest absolute Gasteiger partial charge is 0.329 e. The van der Waals surface area contributed by atoms with E-state index in [-0.39, 0.29) is 5.54 Å². The predicted octanol–water partition coefficient (Wildman–Crippen LogP) is 2.77. The molecular formula is C14H28N2. The van der Waals surface area contributed by atoms with E-state index in [9.17, 15) is 0 Å². The van der Waals surface area contributed by atoms with E-state index in [1.807, 2.05) is 0 Å². The van der Waals surface area contributed by atoms with Crippen LogP contribution in [0.3, 0.4) is 0 Å². The molecule has 0 aromatic heterocycles. The van der Waals surface area contributed by atoms with Gasteiger partial charge in [-0.25, -0.2) is 0 Å². The van der Waals surface area contributed by atoms with Crippen molar-refractivity contribution in [2.24, 2.45) is 11.7 Å². The minimum atomic E-state index is 0.280. The molecule has 0 bridgehead atoms. The molecule has 0 spiro atoms. The van der Waals surface area contributed by atoms with E-state index in [0.29, 0.717) is 0 Å². The Bertz CT molecular complexity index is 225. The first-order valence-electron chi connectivity index (χ1n) is 7.16. The van der Waals surface area contributed by atoms with Crippen LogP contribution in [0.2, 0.25) is 0 Å². The van der Waals surface area contributed by atoms with Gasteiger partial charge in [-0.15, -0.1) is 0 Å². The lowest BCUT2D eigenvalue weighted by atomic mass is 9.75. The monoisotopic (exact) mass is 224 g/mol. The third-order valence-corrected chi connectivity index (χ3v) is 4.93. The summed E-state index contributed by atoms with van der Waals surface area (Å²) >= 11 is 0. The third kappa shape index (κ3) is 2.28. The SMILES string of the molecule is CCC1CCCN1C(C)(CN)CC1CCC1. The summed E-state index contributed by atoms with van der Waals surface area (Å²) in [4.78, 5) is 2.73. The van der Waals surface area contributed by atoms with Crippen molar-refractivity contribution in [3.63, 3.8) is 0 Å². The molecule has 1 aliphatic carbocycles. The lowest BCUT2D eigenvalue weighted by Crippen LogP contribution is -2.54. The van der Waals surface area contributed by atoms with Gasteiger partial charge in [-0.2, -0.15) is 0 Å². The molecule has 1 aliphatic heterocycles. The Labute approximate surface area is 101 Å². The molecule has 2 rings (SSSR count). The van der Waals surface area contributed by atoms with Gasteiger partial charge in [0.2, 0.25) is 0 Å². The molecule has 1 heterocycles. The highest BCUT2D eigenvalue weighted by Crippen LogP contribution is 2.38. The van der Waals surface area contributed by atoms with Gasteiger partial charge in [0.1, 0.15) is 0 Å². The van der Waals surface area contributed by atoms with Crippen molar-refractivity contribution in [2.75, 3.05) is 13.1 Å². The molecular weight excluding hydrogens is 196 g/mol. The molecule has 0 amide bonds. The van der Waals surface area contributed by atoms with Crippen LogP contribution in [0.5, 0.6) is 0 Å². The van der Waals surface area contributed by atoms with Crippen LogP contribution >= 0.6 is 0 Å². The number of nitrogens with two attached hydrogens (primary N) is 1. The van der Waals surface area contributed by atoms with Crippen molar-refractivity contribution in [3.05, 3.63) is 0 Å². The Morgan fingerprint density at radius 2 is 2.00 bits per heavy atom. The quantitative estimate of drug-likeness (QED) is 0.778. The molecule has 2 fully saturated rings. The first-order valence-corrected chi connectivity index (χ1v) is 7.16. The highest BCUT2D eigenvalue weighted by atomic mass is 15.2. The highest BCUT2D eigenvalue weighted by molar-refractivity contribution is 4.96. The van der Waals surface area contributed by atoms with E-state index < -0.39 is 0 Å². The van der Waals surface area contributed by atoms with Crippen molar-refractivity contribution in [1.82, 2.24) is 4.90 Å². The summed E-state index contributed by atoms with van der Waals surface area (Å²) in [6, 6.07) is 0.800. The number of nitrogens with zero attached hydrogens (tertiary/aromatic N) is 1. The summed E-state index contributed by atoms with van der Waals surface area (Å²) in [5.74, 6) is 0.964. The molecule has 16 heavy (non-hydrogen) atoms. The molecule has 0 radical (unpaired) electrons. The van der Waals surface area contributed by atoms with Crippen LogP contribution in [0.4, 0.5) is 0 Å². The van der Waals surface area contributed by atoms with Crippen molar-refractivity contribution in [3.8, 4) is 0 Å². The molecule has 2 aliphatic rings. The zero-order valence-corrected chi connectivity index (χ0v) is 11.0. The Morgan fingerprint density at radius 1 is 1.25 bits per heavy atom. The number of rotatable bonds is 5. The van der Waals surface area contributed by atoms with Crippen molar-refractivity contribution < 1.29 is 0 Å². The second-order valence-corrected chi connectivity index (χ2v) is 6.10. The average molecular weight is 224 g/mol. The lowest BCUT2D eigenvalue weighted by molar-refractivity contribution is 0.0555. The fourth-order valence-electron chi connectivity index (χ4n) is 3.61. The number of hydrogen-bond acceptors (Lipinski definition) is 2. The van der Waals surface area contributed by atoms with Crippen molar-refractivity contribution in [2.45, 2.75) is 70.4 Å². The van der Waals surface area contributed by atoms with Crippen molar-refractivity contribution >= 4 is 0 Å². The Morgan fingerprint density at radius 3 is 2.50 bits per heavy atom. The van der Waals surface area contributed by atoms with Crippen LogP contribution in [0, 0.1) is 5.92 Å². The van der Waals surface area contributed by atoms with Gasteiger partial charge in [-0.1, -0.05) is 26.2 Å². The van der Waals surface area contributed by atoms with Gasteiger partial charge in [0.05, 0.1) is 0 Å².